The van der Waals surface area contributed by atoms with Crippen LogP contribution in [0.1, 0.15) is 51.5 Å². The quantitative estimate of drug-likeness (QED) is 0.542. The lowest BCUT2D eigenvalue weighted by atomic mass is 10.1. The van der Waals surface area contributed by atoms with Crippen molar-refractivity contribution >= 4 is 11.6 Å². The van der Waals surface area contributed by atoms with Crippen LogP contribution in [0.5, 0.6) is 5.88 Å². The minimum Gasteiger partial charge on any atom is -0.474 e. The molecule has 1 heterocycles. The molecule has 0 aliphatic heterocycles. The van der Waals surface area contributed by atoms with Crippen LogP contribution in [0.25, 0.3) is 0 Å². The molecular weight excluding hydrogens is 236 g/mol. The zero-order valence-corrected chi connectivity index (χ0v) is 11.6. The summed E-state index contributed by atoms with van der Waals surface area (Å²) in [4.78, 5) is 8.01. The van der Waals surface area contributed by atoms with Gasteiger partial charge in [-0.2, -0.15) is 0 Å². The minimum absolute atomic E-state index is 0.177. The molecule has 17 heavy (non-hydrogen) atoms. The van der Waals surface area contributed by atoms with Gasteiger partial charge in [-0.05, 0) is 26.7 Å². The second-order valence-electron chi connectivity index (χ2n) is 4.37. The molecule has 0 spiro atoms. The topological polar surface area (TPSA) is 35.0 Å². The molecule has 0 amide bonds. The van der Waals surface area contributed by atoms with Crippen molar-refractivity contribution in [1.29, 1.82) is 0 Å². The van der Waals surface area contributed by atoms with Gasteiger partial charge >= 0.3 is 0 Å². The molecule has 1 aromatic heterocycles. The number of rotatable bonds is 7. The predicted molar refractivity (Wildman–Crippen MR) is 70.6 cm³/mol. The van der Waals surface area contributed by atoms with Gasteiger partial charge in [-0.1, -0.05) is 37.8 Å². The predicted octanol–water partition coefficient (Wildman–Crippen LogP) is 4.18. The normalized spacial score (nSPS) is 12.5. The summed E-state index contributed by atoms with van der Waals surface area (Å²) in [6.45, 7) is 6.16. The van der Waals surface area contributed by atoms with E-state index in [9.17, 15) is 0 Å². The standard InChI is InChI=1S/C13H21ClN2O/c1-4-5-6-7-8-10(2)17-13-11(3)12(14)15-9-16-13/h9-10H,4-8H2,1-3H3. The largest absolute Gasteiger partial charge is 0.474 e. The second-order valence-corrected chi connectivity index (χ2v) is 4.73. The maximum atomic E-state index is 5.91. The van der Waals surface area contributed by atoms with E-state index in [1.54, 1.807) is 0 Å². The van der Waals surface area contributed by atoms with Gasteiger partial charge in [0.2, 0.25) is 5.88 Å². The Hall–Kier alpha value is -0.830. The smallest absolute Gasteiger partial charge is 0.221 e. The van der Waals surface area contributed by atoms with Crippen LogP contribution < -0.4 is 4.74 Å². The third kappa shape index (κ3) is 4.90. The van der Waals surface area contributed by atoms with E-state index in [4.69, 9.17) is 16.3 Å². The highest BCUT2D eigenvalue weighted by Gasteiger charge is 2.10. The Morgan fingerprint density at radius 2 is 2.06 bits per heavy atom. The molecule has 1 atom stereocenters. The van der Waals surface area contributed by atoms with E-state index in [0.29, 0.717) is 11.0 Å². The van der Waals surface area contributed by atoms with Crippen LogP contribution in [-0.4, -0.2) is 16.1 Å². The lowest BCUT2D eigenvalue weighted by Crippen LogP contribution is -2.13. The van der Waals surface area contributed by atoms with Gasteiger partial charge in [-0.25, -0.2) is 9.97 Å². The van der Waals surface area contributed by atoms with E-state index in [-0.39, 0.29) is 6.10 Å². The molecule has 4 heteroatoms. The highest BCUT2D eigenvalue weighted by molar-refractivity contribution is 6.30. The molecule has 96 valence electrons. The van der Waals surface area contributed by atoms with Crippen molar-refractivity contribution in [3.63, 3.8) is 0 Å². The summed E-state index contributed by atoms with van der Waals surface area (Å²) >= 11 is 5.91. The summed E-state index contributed by atoms with van der Waals surface area (Å²) in [6, 6.07) is 0. The molecule has 0 aliphatic rings. The van der Waals surface area contributed by atoms with Gasteiger partial charge in [-0.15, -0.1) is 0 Å². The average molecular weight is 257 g/mol. The van der Waals surface area contributed by atoms with Crippen LogP contribution >= 0.6 is 11.6 Å². The zero-order chi connectivity index (χ0) is 12.7. The van der Waals surface area contributed by atoms with Gasteiger partial charge in [0.15, 0.2) is 0 Å². The molecule has 0 N–H and O–H groups in total. The van der Waals surface area contributed by atoms with Gasteiger partial charge < -0.3 is 4.74 Å². The van der Waals surface area contributed by atoms with Crippen molar-refractivity contribution < 1.29 is 4.74 Å². The van der Waals surface area contributed by atoms with Crippen LogP contribution in [0.4, 0.5) is 0 Å². The van der Waals surface area contributed by atoms with E-state index >= 15 is 0 Å². The molecule has 0 saturated carbocycles. The fourth-order valence-electron chi connectivity index (χ4n) is 1.64. The first kappa shape index (κ1) is 14.2. The molecule has 0 bridgehead atoms. The summed E-state index contributed by atoms with van der Waals surface area (Å²) in [6.07, 6.45) is 7.70. The number of halogens is 1. The molecule has 1 rings (SSSR count). The van der Waals surface area contributed by atoms with Crippen molar-refractivity contribution in [2.75, 3.05) is 0 Å². The number of hydrogen-bond donors (Lipinski definition) is 0. The molecule has 0 aliphatic carbocycles. The summed E-state index contributed by atoms with van der Waals surface area (Å²) < 4.78 is 5.77. The Labute approximate surface area is 109 Å². The van der Waals surface area contributed by atoms with E-state index in [2.05, 4.69) is 23.8 Å². The van der Waals surface area contributed by atoms with Gasteiger partial charge in [-0.3, -0.25) is 0 Å². The first-order valence-corrected chi connectivity index (χ1v) is 6.66. The summed E-state index contributed by atoms with van der Waals surface area (Å²) in [5, 5.41) is 0.466. The van der Waals surface area contributed by atoms with E-state index in [1.165, 1.54) is 32.0 Å². The Balaban J connectivity index is 2.39. The third-order valence-corrected chi connectivity index (χ3v) is 3.13. The second kappa shape index (κ2) is 7.49. The van der Waals surface area contributed by atoms with Gasteiger partial charge in [0.25, 0.3) is 0 Å². The minimum atomic E-state index is 0.177. The van der Waals surface area contributed by atoms with Crippen LogP contribution in [-0.2, 0) is 0 Å². The zero-order valence-electron chi connectivity index (χ0n) is 10.9. The van der Waals surface area contributed by atoms with E-state index in [0.717, 1.165) is 12.0 Å². The van der Waals surface area contributed by atoms with Gasteiger partial charge in [0.05, 0.1) is 6.10 Å². The monoisotopic (exact) mass is 256 g/mol. The molecule has 1 aromatic rings. The van der Waals surface area contributed by atoms with Crippen molar-refractivity contribution in [3.8, 4) is 5.88 Å². The maximum Gasteiger partial charge on any atom is 0.221 e. The van der Waals surface area contributed by atoms with Crippen molar-refractivity contribution in [2.45, 2.75) is 59.0 Å². The highest BCUT2D eigenvalue weighted by Crippen LogP contribution is 2.22. The Kier molecular flexibility index (Phi) is 6.27. The molecule has 0 radical (unpaired) electrons. The first-order valence-electron chi connectivity index (χ1n) is 6.29. The summed E-state index contributed by atoms with van der Waals surface area (Å²) in [5.74, 6) is 0.605. The Bertz CT molecular complexity index is 344. The molecule has 0 saturated heterocycles. The van der Waals surface area contributed by atoms with E-state index < -0.39 is 0 Å². The number of unbranched alkanes of at least 4 members (excludes halogenated alkanes) is 3. The number of hydrogen-bond acceptors (Lipinski definition) is 3. The van der Waals surface area contributed by atoms with Crippen LogP contribution in [0, 0.1) is 6.92 Å². The lowest BCUT2D eigenvalue weighted by molar-refractivity contribution is 0.196. The maximum absolute atomic E-state index is 5.91. The third-order valence-electron chi connectivity index (χ3n) is 2.75. The van der Waals surface area contributed by atoms with Crippen molar-refractivity contribution in [1.82, 2.24) is 9.97 Å². The Morgan fingerprint density at radius 3 is 2.76 bits per heavy atom. The lowest BCUT2D eigenvalue weighted by Gasteiger charge is -2.15. The molecule has 0 aromatic carbocycles. The summed E-state index contributed by atoms with van der Waals surface area (Å²) in [7, 11) is 0. The van der Waals surface area contributed by atoms with Crippen LogP contribution in [0.2, 0.25) is 5.15 Å². The Morgan fingerprint density at radius 1 is 1.29 bits per heavy atom. The van der Waals surface area contributed by atoms with E-state index in [1.807, 2.05) is 6.92 Å². The van der Waals surface area contributed by atoms with Gasteiger partial charge in [0.1, 0.15) is 11.5 Å². The number of ether oxygens (including phenoxy) is 1. The fraction of sp³-hybridized carbons (Fsp3) is 0.692. The fourth-order valence-corrected chi connectivity index (χ4v) is 1.77. The number of nitrogens with zero attached hydrogens (tertiary/aromatic N) is 2. The molecule has 1 unspecified atom stereocenters. The van der Waals surface area contributed by atoms with Crippen molar-refractivity contribution in [2.24, 2.45) is 0 Å². The molecule has 0 fully saturated rings. The van der Waals surface area contributed by atoms with Crippen LogP contribution in [0.3, 0.4) is 0 Å². The SMILES string of the molecule is CCCCCCC(C)Oc1ncnc(Cl)c1C. The molecule has 3 nitrogen and oxygen atoms in total. The van der Waals surface area contributed by atoms with Gasteiger partial charge in [0, 0.05) is 5.56 Å². The first-order chi connectivity index (χ1) is 8.15. The number of aromatic nitrogens is 2. The highest BCUT2D eigenvalue weighted by atomic mass is 35.5. The van der Waals surface area contributed by atoms with Crippen LogP contribution in [0.15, 0.2) is 6.33 Å². The average Bonchev–Trinajstić information content (AvgIpc) is 2.31. The van der Waals surface area contributed by atoms with Crippen molar-refractivity contribution in [3.05, 3.63) is 17.0 Å². The molecular formula is C13H21ClN2O. The summed E-state index contributed by atoms with van der Waals surface area (Å²) in [5.41, 5.74) is 0.814.